The maximum absolute atomic E-state index is 5.81. The second-order valence-electron chi connectivity index (χ2n) is 8.55. The van der Waals surface area contributed by atoms with E-state index in [1.807, 2.05) is 18.2 Å². The number of benzene rings is 2. The molecule has 33 heavy (non-hydrogen) atoms. The van der Waals surface area contributed by atoms with Gasteiger partial charge in [0.2, 0.25) is 0 Å². The second kappa shape index (κ2) is 15.2. The fraction of sp³-hybridized carbons (Fsp3) is 0.448. The maximum atomic E-state index is 5.81. The van der Waals surface area contributed by atoms with Crippen molar-refractivity contribution in [3.8, 4) is 17.1 Å². The summed E-state index contributed by atoms with van der Waals surface area (Å²) < 4.78 is 11.6. The smallest absolute Gasteiger partial charge is 0.159 e. The molecule has 0 spiro atoms. The summed E-state index contributed by atoms with van der Waals surface area (Å²) in [5, 5.41) is 0. The molecule has 3 aromatic rings. The molecule has 0 N–H and O–H groups in total. The first-order valence-corrected chi connectivity index (χ1v) is 12.5. The van der Waals surface area contributed by atoms with Crippen molar-refractivity contribution in [1.82, 2.24) is 9.97 Å². The minimum Gasteiger partial charge on any atom is -0.490 e. The summed E-state index contributed by atoms with van der Waals surface area (Å²) in [5.74, 6) is 1.47. The normalized spacial score (nSPS) is 10.9. The van der Waals surface area contributed by atoms with Gasteiger partial charge in [-0.3, -0.25) is 0 Å². The molecule has 0 saturated carbocycles. The van der Waals surface area contributed by atoms with Crippen LogP contribution in [0.3, 0.4) is 0 Å². The number of hydrogen-bond donors (Lipinski definition) is 0. The minimum atomic E-state index is 0.653. The lowest BCUT2D eigenvalue weighted by atomic mass is 10.1. The molecule has 0 amide bonds. The van der Waals surface area contributed by atoms with Crippen LogP contribution in [0.5, 0.6) is 5.75 Å². The third-order valence-electron chi connectivity index (χ3n) is 5.75. The highest BCUT2D eigenvalue weighted by Crippen LogP contribution is 2.18. The van der Waals surface area contributed by atoms with Crippen molar-refractivity contribution in [1.29, 1.82) is 0 Å². The molecule has 4 heteroatoms. The highest BCUT2D eigenvalue weighted by atomic mass is 16.5. The molecule has 0 aliphatic carbocycles. The SMILES string of the molecule is CCCCCCCCCCOc1cnc(-c2ccc(CCOCc3ccccc3)cc2)nc1. The van der Waals surface area contributed by atoms with Gasteiger partial charge in [0, 0.05) is 5.56 Å². The molecule has 0 bridgehead atoms. The summed E-state index contributed by atoms with van der Waals surface area (Å²) in [7, 11) is 0. The van der Waals surface area contributed by atoms with Crippen LogP contribution in [0.25, 0.3) is 11.4 Å². The quantitative estimate of drug-likeness (QED) is 0.215. The van der Waals surface area contributed by atoms with Gasteiger partial charge >= 0.3 is 0 Å². The van der Waals surface area contributed by atoms with Gasteiger partial charge in [-0.05, 0) is 24.0 Å². The molecule has 0 fully saturated rings. The Labute approximate surface area is 199 Å². The first-order valence-electron chi connectivity index (χ1n) is 12.5. The van der Waals surface area contributed by atoms with Crippen LogP contribution in [0, 0.1) is 0 Å². The molecule has 176 valence electrons. The van der Waals surface area contributed by atoms with Crippen LogP contribution < -0.4 is 4.74 Å². The number of hydrogen-bond acceptors (Lipinski definition) is 4. The Morgan fingerprint density at radius 1 is 0.667 bits per heavy atom. The molecular weight excluding hydrogens is 408 g/mol. The molecule has 3 rings (SSSR count). The van der Waals surface area contributed by atoms with Crippen LogP contribution in [0.4, 0.5) is 0 Å². The van der Waals surface area contributed by atoms with Gasteiger partial charge in [0.25, 0.3) is 0 Å². The molecule has 4 nitrogen and oxygen atoms in total. The largest absolute Gasteiger partial charge is 0.490 e. The lowest BCUT2D eigenvalue weighted by Crippen LogP contribution is -2.00. The Hall–Kier alpha value is -2.72. The van der Waals surface area contributed by atoms with E-state index in [1.54, 1.807) is 12.4 Å². The summed E-state index contributed by atoms with van der Waals surface area (Å²) in [5.41, 5.74) is 3.46. The first-order chi connectivity index (χ1) is 16.3. The van der Waals surface area contributed by atoms with E-state index in [2.05, 4.69) is 53.3 Å². The van der Waals surface area contributed by atoms with Crippen LogP contribution in [0.1, 0.15) is 69.4 Å². The molecule has 0 atom stereocenters. The molecule has 0 unspecified atom stereocenters. The number of ether oxygens (including phenoxy) is 2. The minimum absolute atomic E-state index is 0.653. The van der Waals surface area contributed by atoms with Gasteiger partial charge in [-0.25, -0.2) is 9.97 Å². The Bertz CT molecular complexity index is 880. The van der Waals surface area contributed by atoms with Crippen molar-refractivity contribution < 1.29 is 9.47 Å². The number of unbranched alkanes of at least 4 members (excludes halogenated alkanes) is 7. The van der Waals surface area contributed by atoms with Crippen molar-refractivity contribution in [2.45, 2.75) is 71.3 Å². The highest BCUT2D eigenvalue weighted by molar-refractivity contribution is 5.55. The van der Waals surface area contributed by atoms with E-state index in [0.29, 0.717) is 13.2 Å². The average Bonchev–Trinajstić information content (AvgIpc) is 2.87. The zero-order valence-electron chi connectivity index (χ0n) is 20.0. The van der Waals surface area contributed by atoms with Crippen molar-refractivity contribution in [3.63, 3.8) is 0 Å². The Morgan fingerprint density at radius 3 is 2.03 bits per heavy atom. The van der Waals surface area contributed by atoms with Crippen LogP contribution in [0.15, 0.2) is 67.0 Å². The van der Waals surface area contributed by atoms with Gasteiger partial charge in [-0.2, -0.15) is 0 Å². The Balaban J connectivity index is 1.32. The van der Waals surface area contributed by atoms with E-state index in [9.17, 15) is 0 Å². The standard InChI is InChI=1S/C29H38N2O2/c1-2-3-4-5-6-7-8-12-20-33-28-22-30-29(31-23-28)27-17-15-25(16-18-27)19-21-32-24-26-13-10-9-11-14-26/h9-11,13-18,22-23H,2-8,12,19-21,24H2,1H3. The summed E-state index contributed by atoms with van der Waals surface area (Å²) in [6.45, 7) is 4.35. The third-order valence-corrected chi connectivity index (χ3v) is 5.75. The lowest BCUT2D eigenvalue weighted by molar-refractivity contribution is 0.124. The Morgan fingerprint density at radius 2 is 1.33 bits per heavy atom. The topological polar surface area (TPSA) is 44.2 Å². The molecule has 2 aromatic carbocycles. The van der Waals surface area contributed by atoms with E-state index in [1.165, 1.54) is 56.1 Å². The van der Waals surface area contributed by atoms with E-state index in [4.69, 9.17) is 9.47 Å². The number of rotatable bonds is 16. The fourth-order valence-corrected chi connectivity index (χ4v) is 3.74. The summed E-state index contributed by atoms with van der Waals surface area (Å²) >= 11 is 0. The molecular formula is C29H38N2O2. The average molecular weight is 447 g/mol. The summed E-state index contributed by atoms with van der Waals surface area (Å²) in [6.07, 6.45) is 14.8. The number of nitrogens with zero attached hydrogens (tertiary/aromatic N) is 2. The van der Waals surface area contributed by atoms with Crippen molar-refractivity contribution in [3.05, 3.63) is 78.1 Å². The first kappa shape index (κ1) is 24.9. The number of aromatic nitrogens is 2. The van der Waals surface area contributed by atoms with Crippen molar-refractivity contribution in [2.75, 3.05) is 13.2 Å². The van der Waals surface area contributed by atoms with Crippen molar-refractivity contribution in [2.24, 2.45) is 0 Å². The molecule has 0 aliphatic heterocycles. The van der Waals surface area contributed by atoms with Crippen LogP contribution in [0.2, 0.25) is 0 Å². The predicted molar refractivity (Wildman–Crippen MR) is 135 cm³/mol. The maximum Gasteiger partial charge on any atom is 0.159 e. The zero-order valence-corrected chi connectivity index (χ0v) is 20.0. The Kier molecular flexibility index (Phi) is 11.5. The predicted octanol–water partition coefficient (Wildman–Crippen LogP) is 7.42. The van der Waals surface area contributed by atoms with Gasteiger partial charge in [0.15, 0.2) is 11.6 Å². The molecule has 0 saturated heterocycles. The van der Waals surface area contributed by atoms with Gasteiger partial charge in [-0.15, -0.1) is 0 Å². The molecule has 1 aromatic heterocycles. The molecule has 0 aliphatic rings. The van der Waals surface area contributed by atoms with E-state index in [0.717, 1.165) is 36.6 Å². The molecule has 1 heterocycles. The third kappa shape index (κ3) is 9.75. The summed E-state index contributed by atoms with van der Waals surface area (Å²) in [6, 6.07) is 18.7. The van der Waals surface area contributed by atoms with Crippen LogP contribution in [-0.2, 0) is 17.8 Å². The van der Waals surface area contributed by atoms with Gasteiger partial charge < -0.3 is 9.47 Å². The van der Waals surface area contributed by atoms with E-state index >= 15 is 0 Å². The highest BCUT2D eigenvalue weighted by Gasteiger charge is 2.03. The van der Waals surface area contributed by atoms with Gasteiger partial charge in [0.05, 0.1) is 32.2 Å². The molecule has 0 radical (unpaired) electrons. The zero-order chi connectivity index (χ0) is 23.0. The van der Waals surface area contributed by atoms with Crippen LogP contribution >= 0.6 is 0 Å². The van der Waals surface area contributed by atoms with E-state index < -0.39 is 0 Å². The van der Waals surface area contributed by atoms with E-state index in [-0.39, 0.29) is 0 Å². The monoisotopic (exact) mass is 446 g/mol. The van der Waals surface area contributed by atoms with Crippen molar-refractivity contribution >= 4 is 0 Å². The summed E-state index contributed by atoms with van der Waals surface area (Å²) in [4.78, 5) is 8.97. The lowest BCUT2D eigenvalue weighted by Gasteiger charge is -2.07. The fourth-order valence-electron chi connectivity index (χ4n) is 3.74. The van der Waals surface area contributed by atoms with Gasteiger partial charge in [0.1, 0.15) is 0 Å². The van der Waals surface area contributed by atoms with Crippen LogP contribution in [-0.4, -0.2) is 23.2 Å². The second-order valence-corrected chi connectivity index (χ2v) is 8.55. The van der Waals surface area contributed by atoms with Gasteiger partial charge in [-0.1, -0.05) is 106 Å².